The number of rotatable bonds is 6. The van der Waals surface area contributed by atoms with Crippen LogP contribution in [0.4, 0.5) is 0 Å². The molecule has 3 nitrogen and oxygen atoms in total. The van der Waals surface area contributed by atoms with Gasteiger partial charge in [0.25, 0.3) is 0 Å². The van der Waals surface area contributed by atoms with Gasteiger partial charge in [-0.15, -0.1) is 0 Å². The van der Waals surface area contributed by atoms with Crippen molar-refractivity contribution in [2.75, 3.05) is 32.8 Å². The highest BCUT2D eigenvalue weighted by molar-refractivity contribution is 4.77. The standard InChI is InChI=1S/C12H23NO2/c1-2-13(10-11-4-5-11)7-6-12-14-8-3-9-15-12/h11-12H,2-10H2,1H3. The van der Waals surface area contributed by atoms with Gasteiger partial charge < -0.3 is 14.4 Å². The topological polar surface area (TPSA) is 21.7 Å². The van der Waals surface area contributed by atoms with Crippen LogP contribution < -0.4 is 0 Å². The zero-order valence-electron chi connectivity index (χ0n) is 9.78. The number of nitrogens with zero attached hydrogens (tertiary/aromatic N) is 1. The van der Waals surface area contributed by atoms with Gasteiger partial charge in [-0.05, 0) is 31.7 Å². The van der Waals surface area contributed by atoms with Gasteiger partial charge in [-0.1, -0.05) is 6.92 Å². The lowest BCUT2D eigenvalue weighted by atomic mass is 10.3. The Hall–Kier alpha value is -0.120. The van der Waals surface area contributed by atoms with E-state index >= 15 is 0 Å². The van der Waals surface area contributed by atoms with Crippen molar-refractivity contribution in [2.45, 2.75) is 38.9 Å². The SMILES string of the molecule is CCN(CCC1OCCCO1)CC1CC1. The molecule has 0 unspecified atom stereocenters. The first-order valence-corrected chi connectivity index (χ1v) is 6.34. The van der Waals surface area contributed by atoms with E-state index in [0.717, 1.165) is 45.1 Å². The maximum Gasteiger partial charge on any atom is 0.158 e. The molecule has 0 radical (unpaired) electrons. The summed E-state index contributed by atoms with van der Waals surface area (Å²) in [4.78, 5) is 2.53. The predicted molar refractivity (Wildman–Crippen MR) is 59.8 cm³/mol. The maximum atomic E-state index is 5.54. The van der Waals surface area contributed by atoms with Crippen LogP contribution in [0.2, 0.25) is 0 Å². The van der Waals surface area contributed by atoms with Crippen molar-refractivity contribution in [3.63, 3.8) is 0 Å². The van der Waals surface area contributed by atoms with E-state index in [1.807, 2.05) is 0 Å². The van der Waals surface area contributed by atoms with Crippen LogP contribution in [0.15, 0.2) is 0 Å². The van der Waals surface area contributed by atoms with Gasteiger partial charge in [-0.25, -0.2) is 0 Å². The molecule has 1 heterocycles. The first-order valence-electron chi connectivity index (χ1n) is 6.34. The molecule has 0 bridgehead atoms. The van der Waals surface area contributed by atoms with E-state index in [2.05, 4.69) is 11.8 Å². The molecule has 15 heavy (non-hydrogen) atoms. The lowest BCUT2D eigenvalue weighted by Gasteiger charge is -2.26. The monoisotopic (exact) mass is 213 g/mol. The van der Waals surface area contributed by atoms with E-state index in [0.29, 0.717) is 0 Å². The van der Waals surface area contributed by atoms with Crippen molar-refractivity contribution in [3.05, 3.63) is 0 Å². The van der Waals surface area contributed by atoms with Crippen LogP contribution in [0.5, 0.6) is 0 Å². The van der Waals surface area contributed by atoms with Gasteiger partial charge in [0.15, 0.2) is 6.29 Å². The molecular formula is C12H23NO2. The summed E-state index contributed by atoms with van der Waals surface area (Å²) in [6.45, 7) is 7.55. The number of hydrogen-bond acceptors (Lipinski definition) is 3. The van der Waals surface area contributed by atoms with Crippen molar-refractivity contribution in [1.82, 2.24) is 4.90 Å². The second-order valence-corrected chi connectivity index (χ2v) is 4.65. The van der Waals surface area contributed by atoms with Crippen LogP contribution in [0.1, 0.15) is 32.6 Å². The van der Waals surface area contributed by atoms with Crippen molar-refractivity contribution in [3.8, 4) is 0 Å². The van der Waals surface area contributed by atoms with Gasteiger partial charge in [0.05, 0.1) is 13.2 Å². The summed E-state index contributed by atoms with van der Waals surface area (Å²) in [7, 11) is 0. The quantitative estimate of drug-likeness (QED) is 0.672. The van der Waals surface area contributed by atoms with Gasteiger partial charge in [-0.2, -0.15) is 0 Å². The Morgan fingerprint density at radius 1 is 1.20 bits per heavy atom. The average Bonchev–Trinajstić information content (AvgIpc) is 3.09. The molecule has 88 valence electrons. The summed E-state index contributed by atoms with van der Waals surface area (Å²) < 4.78 is 11.1. The van der Waals surface area contributed by atoms with Gasteiger partial charge in [-0.3, -0.25) is 0 Å². The maximum absolute atomic E-state index is 5.54. The van der Waals surface area contributed by atoms with E-state index < -0.39 is 0 Å². The van der Waals surface area contributed by atoms with Crippen LogP contribution >= 0.6 is 0 Å². The predicted octanol–water partition coefficient (Wildman–Crippen LogP) is 1.87. The molecule has 3 heteroatoms. The zero-order chi connectivity index (χ0) is 10.5. The largest absolute Gasteiger partial charge is 0.353 e. The highest BCUT2D eigenvalue weighted by Gasteiger charge is 2.24. The molecule has 2 rings (SSSR count). The smallest absolute Gasteiger partial charge is 0.158 e. The minimum atomic E-state index is 0.0620. The van der Waals surface area contributed by atoms with Crippen molar-refractivity contribution in [1.29, 1.82) is 0 Å². The molecule has 2 aliphatic rings. The van der Waals surface area contributed by atoms with E-state index in [4.69, 9.17) is 9.47 Å². The summed E-state index contributed by atoms with van der Waals surface area (Å²) in [5.41, 5.74) is 0. The molecule has 0 spiro atoms. The minimum Gasteiger partial charge on any atom is -0.353 e. The fourth-order valence-electron chi connectivity index (χ4n) is 2.04. The normalized spacial score (nSPS) is 23.6. The summed E-state index contributed by atoms with van der Waals surface area (Å²) in [6.07, 6.45) is 5.02. The Balaban J connectivity index is 1.60. The number of ether oxygens (including phenoxy) is 2. The third-order valence-corrected chi connectivity index (χ3v) is 3.24. The summed E-state index contributed by atoms with van der Waals surface area (Å²) >= 11 is 0. The van der Waals surface area contributed by atoms with Crippen LogP contribution in [-0.2, 0) is 9.47 Å². The Morgan fingerprint density at radius 3 is 2.53 bits per heavy atom. The highest BCUT2D eigenvalue weighted by Crippen LogP contribution is 2.29. The molecule has 0 aromatic carbocycles. The minimum absolute atomic E-state index is 0.0620. The summed E-state index contributed by atoms with van der Waals surface area (Å²) in [5.74, 6) is 0.984. The molecule has 0 aromatic rings. The Morgan fingerprint density at radius 2 is 1.93 bits per heavy atom. The molecule has 1 aliphatic carbocycles. The van der Waals surface area contributed by atoms with Gasteiger partial charge in [0, 0.05) is 19.5 Å². The molecular weight excluding hydrogens is 190 g/mol. The molecule has 0 amide bonds. The van der Waals surface area contributed by atoms with Crippen LogP contribution in [0, 0.1) is 5.92 Å². The zero-order valence-corrected chi connectivity index (χ0v) is 9.78. The Kier molecular flexibility index (Phi) is 4.42. The van der Waals surface area contributed by atoms with Crippen molar-refractivity contribution in [2.24, 2.45) is 5.92 Å². The molecule has 0 N–H and O–H groups in total. The molecule has 2 fully saturated rings. The van der Waals surface area contributed by atoms with Crippen LogP contribution in [0.25, 0.3) is 0 Å². The second-order valence-electron chi connectivity index (χ2n) is 4.65. The average molecular weight is 213 g/mol. The van der Waals surface area contributed by atoms with E-state index in [-0.39, 0.29) is 6.29 Å². The first kappa shape index (κ1) is 11.4. The molecule has 1 saturated carbocycles. The van der Waals surface area contributed by atoms with Crippen molar-refractivity contribution >= 4 is 0 Å². The van der Waals surface area contributed by atoms with E-state index in [9.17, 15) is 0 Å². The lowest BCUT2D eigenvalue weighted by Crippen LogP contribution is -2.32. The Labute approximate surface area is 92.7 Å². The Bertz CT molecular complexity index is 176. The molecule has 1 saturated heterocycles. The third-order valence-electron chi connectivity index (χ3n) is 3.24. The van der Waals surface area contributed by atoms with E-state index in [1.54, 1.807) is 0 Å². The first-order chi connectivity index (χ1) is 7.38. The molecule has 0 aromatic heterocycles. The van der Waals surface area contributed by atoms with E-state index in [1.165, 1.54) is 19.4 Å². The van der Waals surface area contributed by atoms with Crippen LogP contribution in [0.3, 0.4) is 0 Å². The van der Waals surface area contributed by atoms with Crippen LogP contribution in [-0.4, -0.2) is 44.0 Å². The number of hydrogen-bond donors (Lipinski definition) is 0. The van der Waals surface area contributed by atoms with Crippen molar-refractivity contribution < 1.29 is 9.47 Å². The van der Waals surface area contributed by atoms with Gasteiger partial charge >= 0.3 is 0 Å². The molecule has 1 aliphatic heterocycles. The van der Waals surface area contributed by atoms with Gasteiger partial charge in [0.2, 0.25) is 0 Å². The molecule has 0 atom stereocenters. The van der Waals surface area contributed by atoms with Gasteiger partial charge in [0.1, 0.15) is 0 Å². The fraction of sp³-hybridized carbons (Fsp3) is 1.00. The fourth-order valence-corrected chi connectivity index (χ4v) is 2.04. The third kappa shape index (κ3) is 4.09. The lowest BCUT2D eigenvalue weighted by molar-refractivity contribution is -0.182. The second kappa shape index (κ2) is 5.83. The summed E-state index contributed by atoms with van der Waals surface area (Å²) in [5, 5.41) is 0. The highest BCUT2D eigenvalue weighted by atomic mass is 16.7. The summed E-state index contributed by atoms with van der Waals surface area (Å²) in [6, 6.07) is 0.